The normalized spacial score (nSPS) is 14.9. The molecule has 1 aliphatic rings. The molecule has 42 heavy (non-hydrogen) atoms. The summed E-state index contributed by atoms with van der Waals surface area (Å²) in [5, 5.41) is 0.475. The number of allylic oxidation sites excluding steroid dienone is 2. The number of halogens is 1. The standard InChI is InChI=1S/C29H27ClN2O8S2/c1-20(16-28-31(12-5-14-41(33,34)35)25-19-23(30)9-11-27(25)40-28)17-29-32(13-15-42(36,37)38)24-18-22(8-10-26(24)39-29)21-6-3-2-4-7-21/h2-4,6-11,16-19H,5,12-15H2,1H3,(H-,33,34,35,36,37,38)/p+1. The van der Waals surface area contributed by atoms with Gasteiger partial charge < -0.3 is 14.1 Å². The van der Waals surface area contributed by atoms with Gasteiger partial charge in [0.05, 0.1) is 17.5 Å². The molecule has 0 fully saturated rings. The van der Waals surface area contributed by atoms with Gasteiger partial charge in [-0.25, -0.2) is 0 Å². The van der Waals surface area contributed by atoms with Crippen LogP contribution in [0.15, 0.2) is 88.7 Å². The van der Waals surface area contributed by atoms with E-state index in [4.69, 9.17) is 20.8 Å². The second-order valence-electron chi connectivity index (χ2n) is 9.80. The molecule has 0 spiro atoms. The summed E-state index contributed by atoms with van der Waals surface area (Å²) < 4.78 is 78.3. The number of rotatable bonds is 10. The minimum atomic E-state index is -4.25. The first-order valence-corrected chi connectivity index (χ1v) is 16.5. The predicted octanol–water partition coefficient (Wildman–Crippen LogP) is 5.35. The maximum Gasteiger partial charge on any atom is 0.374 e. The Morgan fingerprint density at radius 2 is 1.69 bits per heavy atom. The van der Waals surface area contributed by atoms with Crippen molar-refractivity contribution in [2.45, 2.75) is 19.9 Å². The summed E-state index contributed by atoms with van der Waals surface area (Å²) in [6.07, 6.45) is 3.59. The maximum absolute atomic E-state index is 11.6. The lowest BCUT2D eigenvalue weighted by atomic mass is 10.1. The minimum absolute atomic E-state index is 0.0536. The Labute approximate surface area is 248 Å². The van der Waals surface area contributed by atoms with Gasteiger partial charge in [0, 0.05) is 23.7 Å². The van der Waals surface area contributed by atoms with Gasteiger partial charge in [0.2, 0.25) is 11.5 Å². The van der Waals surface area contributed by atoms with Crippen molar-refractivity contribution < 1.29 is 39.7 Å². The summed E-state index contributed by atoms with van der Waals surface area (Å²) >= 11 is 6.20. The van der Waals surface area contributed by atoms with Gasteiger partial charge in [0.25, 0.3) is 25.8 Å². The molecule has 0 saturated heterocycles. The lowest BCUT2D eigenvalue weighted by molar-refractivity contribution is -0.673. The predicted molar refractivity (Wildman–Crippen MR) is 160 cm³/mol. The number of fused-ring (bicyclic) bond motifs is 2. The lowest BCUT2D eigenvalue weighted by Gasteiger charge is -2.18. The van der Waals surface area contributed by atoms with Crippen molar-refractivity contribution in [1.29, 1.82) is 0 Å². The molecule has 13 heteroatoms. The van der Waals surface area contributed by atoms with Crippen LogP contribution < -0.4 is 14.2 Å². The Kier molecular flexibility index (Phi) is 8.44. The molecule has 3 aromatic carbocycles. The van der Waals surface area contributed by atoms with Gasteiger partial charge in [-0.2, -0.15) is 21.4 Å². The van der Waals surface area contributed by atoms with E-state index in [0.717, 1.165) is 11.1 Å². The molecule has 0 unspecified atom stereocenters. The number of oxazole rings is 1. The summed E-state index contributed by atoms with van der Waals surface area (Å²) in [5.74, 6) is 0.363. The van der Waals surface area contributed by atoms with E-state index in [1.54, 1.807) is 46.7 Å². The van der Waals surface area contributed by atoms with Crippen LogP contribution >= 0.6 is 11.6 Å². The van der Waals surface area contributed by atoms with Crippen LogP contribution in [0.4, 0.5) is 5.69 Å². The fraction of sp³-hybridized carbons (Fsp3) is 0.207. The van der Waals surface area contributed by atoms with Crippen molar-refractivity contribution in [2.24, 2.45) is 0 Å². The Hall–Kier alpha value is -3.68. The molecule has 0 aliphatic carbocycles. The van der Waals surface area contributed by atoms with Gasteiger partial charge in [0.1, 0.15) is 5.75 Å². The molecule has 2 N–H and O–H groups in total. The molecule has 5 rings (SSSR count). The van der Waals surface area contributed by atoms with E-state index in [0.29, 0.717) is 44.9 Å². The third-order valence-corrected chi connectivity index (χ3v) is 8.33. The number of aromatic nitrogens is 1. The van der Waals surface area contributed by atoms with Crippen molar-refractivity contribution in [3.8, 4) is 16.9 Å². The zero-order chi connectivity index (χ0) is 30.1. The van der Waals surface area contributed by atoms with E-state index >= 15 is 0 Å². The summed E-state index contributed by atoms with van der Waals surface area (Å²) in [6.45, 7) is 1.98. The van der Waals surface area contributed by atoms with Crippen LogP contribution in [0.2, 0.25) is 5.02 Å². The number of hydrogen-bond donors (Lipinski definition) is 2. The first-order valence-electron chi connectivity index (χ1n) is 12.9. The lowest BCUT2D eigenvalue weighted by Crippen LogP contribution is -2.38. The zero-order valence-corrected chi connectivity index (χ0v) is 24.9. The molecular formula is C29H28ClN2O8S2+. The summed E-state index contributed by atoms with van der Waals surface area (Å²) in [6, 6.07) is 20.4. The van der Waals surface area contributed by atoms with Crippen LogP contribution in [0.1, 0.15) is 19.2 Å². The summed E-state index contributed by atoms with van der Waals surface area (Å²) in [5.41, 5.74) is 4.40. The van der Waals surface area contributed by atoms with Crippen LogP contribution in [0.25, 0.3) is 28.3 Å². The van der Waals surface area contributed by atoms with Gasteiger partial charge in [-0.1, -0.05) is 48.0 Å². The number of ether oxygens (including phenoxy) is 1. The average molecular weight is 632 g/mol. The van der Waals surface area contributed by atoms with Gasteiger partial charge in [-0.3, -0.25) is 9.11 Å². The van der Waals surface area contributed by atoms with E-state index in [1.807, 2.05) is 48.5 Å². The molecule has 0 bridgehead atoms. The van der Waals surface area contributed by atoms with E-state index in [9.17, 15) is 25.9 Å². The van der Waals surface area contributed by atoms with Crippen molar-refractivity contribution >= 4 is 54.7 Å². The van der Waals surface area contributed by atoms with Gasteiger partial charge in [0.15, 0.2) is 12.3 Å². The Morgan fingerprint density at radius 3 is 2.40 bits per heavy atom. The van der Waals surface area contributed by atoms with Crippen molar-refractivity contribution in [2.75, 3.05) is 23.0 Å². The van der Waals surface area contributed by atoms with E-state index in [2.05, 4.69) is 0 Å². The molecule has 10 nitrogen and oxygen atoms in total. The van der Waals surface area contributed by atoms with Crippen LogP contribution in [0.3, 0.4) is 0 Å². The SMILES string of the molecule is CC(=C/c1oc2ccc(-c3ccccc3)cc2[n+]1CCS(=O)(=O)O)/C=C1/Oc2ccc(Cl)cc2N1CCCS(=O)(=O)O. The fourth-order valence-corrected chi connectivity index (χ4v) is 5.78. The second-order valence-corrected chi connectivity index (χ2v) is 13.4. The van der Waals surface area contributed by atoms with E-state index in [1.165, 1.54) is 0 Å². The first kappa shape index (κ1) is 29.8. The molecule has 1 aromatic heterocycles. The van der Waals surface area contributed by atoms with Gasteiger partial charge >= 0.3 is 5.89 Å². The molecule has 0 amide bonds. The van der Waals surface area contributed by atoms with Gasteiger partial charge in [-0.05, 0) is 54.3 Å². The quantitative estimate of drug-likeness (QED) is 0.175. The Morgan fingerprint density at radius 1 is 0.952 bits per heavy atom. The van der Waals surface area contributed by atoms with Crippen LogP contribution in [-0.4, -0.2) is 44.0 Å². The highest BCUT2D eigenvalue weighted by Gasteiger charge is 2.28. The van der Waals surface area contributed by atoms with Gasteiger partial charge in [-0.15, -0.1) is 0 Å². The largest absolute Gasteiger partial charge is 0.439 e. The highest BCUT2D eigenvalue weighted by Crippen LogP contribution is 2.41. The number of benzene rings is 3. The molecule has 0 atom stereocenters. The molecule has 0 saturated carbocycles. The Bertz CT molecular complexity index is 1920. The first-order chi connectivity index (χ1) is 19.9. The summed E-state index contributed by atoms with van der Waals surface area (Å²) in [7, 11) is -8.39. The molecule has 4 aromatic rings. The highest BCUT2D eigenvalue weighted by molar-refractivity contribution is 7.86. The number of nitrogens with zero attached hydrogens (tertiary/aromatic N) is 2. The molecule has 220 valence electrons. The minimum Gasteiger partial charge on any atom is -0.439 e. The number of anilines is 1. The van der Waals surface area contributed by atoms with Crippen LogP contribution in [-0.2, 0) is 26.8 Å². The van der Waals surface area contributed by atoms with E-state index < -0.39 is 31.7 Å². The molecule has 0 radical (unpaired) electrons. The third kappa shape index (κ3) is 7.20. The van der Waals surface area contributed by atoms with Crippen molar-refractivity contribution in [1.82, 2.24) is 0 Å². The second kappa shape index (κ2) is 11.9. The zero-order valence-electron chi connectivity index (χ0n) is 22.5. The highest BCUT2D eigenvalue weighted by atomic mass is 35.5. The Balaban J connectivity index is 1.52. The number of hydrogen-bond acceptors (Lipinski definition) is 7. The van der Waals surface area contributed by atoms with E-state index in [-0.39, 0.29) is 19.5 Å². The smallest absolute Gasteiger partial charge is 0.374 e. The maximum atomic E-state index is 11.6. The average Bonchev–Trinajstić information content (AvgIpc) is 3.42. The topological polar surface area (TPSA) is 138 Å². The third-order valence-electron chi connectivity index (χ3n) is 6.59. The molecule has 2 heterocycles. The molecule has 1 aliphatic heterocycles. The number of aryl methyl sites for hydroxylation is 1. The van der Waals surface area contributed by atoms with Crippen molar-refractivity contribution in [3.05, 3.63) is 95.2 Å². The van der Waals surface area contributed by atoms with Crippen molar-refractivity contribution in [3.63, 3.8) is 0 Å². The fourth-order valence-electron chi connectivity index (χ4n) is 4.70. The van der Waals surface area contributed by atoms with Crippen LogP contribution in [0.5, 0.6) is 5.75 Å². The molecular weight excluding hydrogens is 604 g/mol. The summed E-state index contributed by atoms with van der Waals surface area (Å²) in [4.78, 5) is 1.76. The van der Waals surface area contributed by atoms with Crippen LogP contribution in [0, 0.1) is 0 Å². The monoisotopic (exact) mass is 631 g/mol.